The third kappa shape index (κ3) is 5.54. The average molecular weight is 249 g/mol. The maximum absolute atomic E-state index is 5.36. The number of morpholine rings is 1. The molecule has 0 aromatic carbocycles. The number of hydrogen-bond donors (Lipinski definition) is 0. The molecule has 0 aromatic heterocycles. The summed E-state index contributed by atoms with van der Waals surface area (Å²) in [5.41, 5.74) is 2.74. The van der Waals surface area contributed by atoms with Crippen LogP contribution in [0.4, 0.5) is 0 Å². The van der Waals surface area contributed by atoms with Gasteiger partial charge in [-0.25, -0.2) is 0 Å². The van der Waals surface area contributed by atoms with Crippen LogP contribution < -0.4 is 0 Å². The van der Waals surface area contributed by atoms with Crippen molar-refractivity contribution in [3.8, 4) is 0 Å². The van der Waals surface area contributed by atoms with E-state index in [9.17, 15) is 0 Å². The van der Waals surface area contributed by atoms with Gasteiger partial charge in [-0.3, -0.25) is 0 Å². The highest BCUT2D eigenvalue weighted by Crippen LogP contribution is 2.12. The first-order valence-corrected chi connectivity index (χ1v) is 6.96. The summed E-state index contributed by atoms with van der Waals surface area (Å²) < 4.78 is 5.36. The van der Waals surface area contributed by atoms with Gasteiger partial charge in [-0.15, -0.1) is 0 Å². The molecule has 0 radical (unpaired) electrons. The van der Waals surface area contributed by atoms with Crippen molar-refractivity contribution in [1.82, 2.24) is 4.90 Å². The molecule has 0 saturated carbocycles. The topological polar surface area (TPSA) is 12.5 Å². The number of rotatable bonds is 5. The van der Waals surface area contributed by atoms with E-state index in [2.05, 4.69) is 56.9 Å². The zero-order valence-electron chi connectivity index (χ0n) is 12.3. The third-order valence-electron chi connectivity index (χ3n) is 3.17. The van der Waals surface area contributed by atoms with Gasteiger partial charge in [0.15, 0.2) is 0 Å². The molecule has 0 spiro atoms. The van der Waals surface area contributed by atoms with Gasteiger partial charge in [0.2, 0.25) is 0 Å². The van der Waals surface area contributed by atoms with Crippen LogP contribution >= 0.6 is 0 Å². The number of hydrogen-bond acceptors (Lipinski definition) is 2. The van der Waals surface area contributed by atoms with Crippen LogP contribution in [-0.2, 0) is 4.74 Å². The van der Waals surface area contributed by atoms with E-state index in [0.717, 1.165) is 32.7 Å². The van der Waals surface area contributed by atoms with Gasteiger partial charge in [-0.1, -0.05) is 37.6 Å². The fourth-order valence-electron chi connectivity index (χ4n) is 2.09. The summed E-state index contributed by atoms with van der Waals surface area (Å²) >= 11 is 0. The minimum Gasteiger partial charge on any atom is -0.378 e. The highest BCUT2D eigenvalue weighted by molar-refractivity contribution is 5.23. The van der Waals surface area contributed by atoms with Crippen molar-refractivity contribution in [2.24, 2.45) is 5.92 Å². The summed E-state index contributed by atoms with van der Waals surface area (Å²) in [5.74, 6) is 0.713. The van der Waals surface area contributed by atoms with Crippen LogP contribution in [0.2, 0.25) is 0 Å². The molecule has 1 fully saturated rings. The zero-order chi connectivity index (χ0) is 13.4. The predicted octanol–water partition coefficient (Wildman–Crippen LogP) is 3.77. The van der Waals surface area contributed by atoms with Crippen molar-refractivity contribution in [3.63, 3.8) is 0 Å². The molecule has 18 heavy (non-hydrogen) atoms. The maximum atomic E-state index is 5.36. The Morgan fingerprint density at radius 1 is 1.28 bits per heavy atom. The lowest BCUT2D eigenvalue weighted by molar-refractivity contribution is 0.0537. The van der Waals surface area contributed by atoms with Crippen LogP contribution in [0.15, 0.2) is 35.6 Å². The van der Waals surface area contributed by atoms with Gasteiger partial charge in [-0.2, -0.15) is 0 Å². The molecule has 0 aromatic rings. The molecule has 0 bridgehead atoms. The summed E-state index contributed by atoms with van der Waals surface area (Å²) in [7, 11) is 0. The predicted molar refractivity (Wildman–Crippen MR) is 78.5 cm³/mol. The van der Waals surface area contributed by atoms with Gasteiger partial charge in [0, 0.05) is 18.8 Å². The Morgan fingerprint density at radius 3 is 2.50 bits per heavy atom. The van der Waals surface area contributed by atoms with Gasteiger partial charge in [0.1, 0.15) is 0 Å². The minimum atomic E-state index is 0.713. The number of ether oxygens (including phenoxy) is 1. The molecular formula is C16H27NO. The maximum Gasteiger partial charge on any atom is 0.0642 e. The molecule has 1 heterocycles. The summed E-state index contributed by atoms with van der Waals surface area (Å²) in [4.78, 5) is 2.38. The molecule has 102 valence electrons. The van der Waals surface area contributed by atoms with Crippen molar-refractivity contribution in [2.75, 3.05) is 26.3 Å². The van der Waals surface area contributed by atoms with Crippen molar-refractivity contribution in [2.45, 2.75) is 34.1 Å². The second-order valence-corrected chi connectivity index (χ2v) is 5.23. The third-order valence-corrected chi connectivity index (χ3v) is 3.17. The Labute approximate surface area is 112 Å². The van der Waals surface area contributed by atoms with Crippen LogP contribution in [0.5, 0.6) is 0 Å². The number of allylic oxidation sites excluding steroid dienone is 6. The van der Waals surface area contributed by atoms with Crippen molar-refractivity contribution >= 4 is 0 Å². The van der Waals surface area contributed by atoms with E-state index in [4.69, 9.17) is 4.74 Å². The smallest absolute Gasteiger partial charge is 0.0642 e. The summed E-state index contributed by atoms with van der Waals surface area (Å²) in [5, 5.41) is 0. The van der Waals surface area contributed by atoms with E-state index < -0.39 is 0 Å². The molecule has 1 aliphatic heterocycles. The lowest BCUT2D eigenvalue weighted by Gasteiger charge is -2.29. The van der Waals surface area contributed by atoms with Gasteiger partial charge >= 0.3 is 0 Å². The molecule has 0 N–H and O–H groups in total. The summed E-state index contributed by atoms with van der Waals surface area (Å²) in [6.45, 7) is 12.5. The van der Waals surface area contributed by atoms with E-state index in [1.165, 1.54) is 11.3 Å². The number of nitrogens with zero attached hydrogens (tertiary/aromatic N) is 1. The van der Waals surface area contributed by atoms with Crippen LogP contribution in [0.25, 0.3) is 0 Å². The molecule has 1 saturated heterocycles. The molecule has 2 nitrogen and oxygen atoms in total. The monoisotopic (exact) mass is 249 g/mol. The molecule has 0 atom stereocenters. The fourth-order valence-corrected chi connectivity index (χ4v) is 2.09. The average Bonchev–Trinajstić information content (AvgIpc) is 2.38. The lowest BCUT2D eigenvalue weighted by Crippen LogP contribution is -2.34. The van der Waals surface area contributed by atoms with Crippen LogP contribution in [0.3, 0.4) is 0 Å². The standard InChI is InChI=1S/C16H27NO/c1-5-16(13-14(2)3)8-6-7-15(4)17-9-11-18-12-10-17/h5-8,14H,9-13H2,1-4H3/b8-6-,15-7+,16-5+. The molecular weight excluding hydrogens is 222 g/mol. The quantitative estimate of drug-likeness (QED) is 0.688. The molecule has 1 aliphatic rings. The van der Waals surface area contributed by atoms with Gasteiger partial charge in [-0.05, 0) is 32.3 Å². The van der Waals surface area contributed by atoms with E-state index in [1.807, 2.05) is 0 Å². The van der Waals surface area contributed by atoms with Gasteiger partial charge in [0.25, 0.3) is 0 Å². The molecule has 0 aliphatic carbocycles. The Kier molecular flexibility index (Phi) is 6.81. The minimum absolute atomic E-state index is 0.713. The second-order valence-electron chi connectivity index (χ2n) is 5.23. The Morgan fingerprint density at radius 2 is 1.94 bits per heavy atom. The molecule has 0 amide bonds. The second kappa shape index (κ2) is 8.15. The van der Waals surface area contributed by atoms with Crippen molar-refractivity contribution < 1.29 is 4.74 Å². The SMILES string of the molecule is C\C=C(/C=C\C=C(/C)N1CCOCC1)CC(C)C. The summed E-state index contributed by atoms with van der Waals surface area (Å²) in [6.07, 6.45) is 9.95. The van der Waals surface area contributed by atoms with Gasteiger partial charge in [0.05, 0.1) is 13.2 Å². The summed E-state index contributed by atoms with van der Waals surface area (Å²) in [6, 6.07) is 0. The van der Waals surface area contributed by atoms with E-state index in [1.54, 1.807) is 0 Å². The highest BCUT2D eigenvalue weighted by atomic mass is 16.5. The first-order chi connectivity index (χ1) is 8.63. The van der Waals surface area contributed by atoms with E-state index >= 15 is 0 Å². The van der Waals surface area contributed by atoms with Crippen LogP contribution in [0.1, 0.15) is 34.1 Å². The Bertz CT molecular complexity index is 320. The molecule has 0 unspecified atom stereocenters. The van der Waals surface area contributed by atoms with E-state index in [-0.39, 0.29) is 0 Å². The zero-order valence-corrected chi connectivity index (χ0v) is 12.3. The fraction of sp³-hybridized carbons (Fsp3) is 0.625. The first-order valence-electron chi connectivity index (χ1n) is 6.96. The largest absolute Gasteiger partial charge is 0.378 e. The van der Waals surface area contributed by atoms with Crippen LogP contribution in [0, 0.1) is 5.92 Å². The first kappa shape index (κ1) is 15.0. The molecule has 2 heteroatoms. The Hall–Kier alpha value is -1.02. The lowest BCUT2D eigenvalue weighted by atomic mass is 10.0. The normalized spacial score (nSPS) is 19.1. The molecule has 1 rings (SSSR count). The van der Waals surface area contributed by atoms with Gasteiger partial charge < -0.3 is 9.64 Å². The Balaban J connectivity index is 2.50. The van der Waals surface area contributed by atoms with Crippen LogP contribution in [-0.4, -0.2) is 31.2 Å². The highest BCUT2D eigenvalue weighted by Gasteiger charge is 2.09. The van der Waals surface area contributed by atoms with Crippen molar-refractivity contribution in [3.05, 3.63) is 35.6 Å². The van der Waals surface area contributed by atoms with Crippen molar-refractivity contribution in [1.29, 1.82) is 0 Å². The van der Waals surface area contributed by atoms with E-state index in [0.29, 0.717) is 5.92 Å².